The molecule has 0 saturated carbocycles. The Hall–Kier alpha value is -2.07. The Labute approximate surface area is 115 Å². The molecular weight excluding hydrogens is 256 g/mol. The second-order valence-electron chi connectivity index (χ2n) is 4.28. The molecule has 1 aromatic heterocycles. The van der Waals surface area contributed by atoms with Crippen LogP contribution in [0.3, 0.4) is 0 Å². The van der Waals surface area contributed by atoms with Gasteiger partial charge in [0.15, 0.2) is 5.13 Å². The molecule has 2 N–H and O–H groups in total. The van der Waals surface area contributed by atoms with Gasteiger partial charge in [0.1, 0.15) is 5.75 Å². The molecule has 0 unspecified atom stereocenters. The van der Waals surface area contributed by atoms with Crippen molar-refractivity contribution in [2.24, 2.45) is 0 Å². The van der Waals surface area contributed by atoms with Gasteiger partial charge in [-0.3, -0.25) is 0 Å². The average Bonchev–Trinajstić information content (AvgIpc) is 2.84. The van der Waals surface area contributed by atoms with Gasteiger partial charge in [-0.15, -0.1) is 11.3 Å². The van der Waals surface area contributed by atoms with E-state index in [2.05, 4.69) is 29.2 Å². The Balaban J connectivity index is 1.65. The highest BCUT2D eigenvalue weighted by molar-refractivity contribution is 7.13. The summed E-state index contributed by atoms with van der Waals surface area (Å²) < 4.78 is 5.75. The van der Waals surface area contributed by atoms with E-state index in [4.69, 9.17) is 10.5 Å². The molecule has 0 saturated heterocycles. The summed E-state index contributed by atoms with van der Waals surface area (Å²) in [5, 5.41) is 5.00. The van der Waals surface area contributed by atoms with Gasteiger partial charge in [-0.1, -0.05) is 30.3 Å². The number of benzene rings is 2. The van der Waals surface area contributed by atoms with Gasteiger partial charge in [0.05, 0.1) is 12.3 Å². The lowest BCUT2D eigenvalue weighted by molar-refractivity contribution is 0.321. The van der Waals surface area contributed by atoms with Crippen molar-refractivity contribution in [1.29, 1.82) is 0 Å². The van der Waals surface area contributed by atoms with Gasteiger partial charge in [-0.2, -0.15) is 0 Å². The molecule has 0 aliphatic heterocycles. The van der Waals surface area contributed by atoms with Gasteiger partial charge in [-0.25, -0.2) is 4.98 Å². The molecule has 2 aromatic carbocycles. The maximum Gasteiger partial charge on any atom is 0.180 e. The first-order valence-corrected chi connectivity index (χ1v) is 7.01. The van der Waals surface area contributed by atoms with Crippen LogP contribution in [0.25, 0.3) is 10.8 Å². The van der Waals surface area contributed by atoms with Crippen LogP contribution in [-0.4, -0.2) is 11.6 Å². The van der Waals surface area contributed by atoms with Crippen LogP contribution in [0.2, 0.25) is 0 Å². The molecule has 4 heteroatoms. The largest absolute Gasteiger partial charge is 0.493 e. The standard InChI is InChI=1S/C15H14N2OS/c16-15-17-13(10-19-15)7-8-18-14-6-5-11-3-1-2-4-12(11)9-14/h1-6,9-10H,7-8H2,(H2,16,17). The summed E-state index contributed by atoms with van der Waals surface area (Å²) in [5.41, 5.74) is 6.58. The highest BCUT2D eigenvalue weighted by Gasteiger charge is 2.00. The van der Waals surface area contributed by atoms with Crippen molar-refractivity contribution in [2.45, 2.75) is 6.42 Å². The van der Waals surface area contributed by atoms with Crippen molar-refractivity contribution in [3.8, 4) is 5.75 Å². The number of anilines is 1. The zero-order valence-electron chi connectivity index (χ0n) is 10.4. The third-order valence-electron chi connectivity index (χ3n) is 2.92. The Morgan fingerprint density at radius 3 is 2.74 bits per heavy atom. The average molecular weight is 270 g/mol. The van der Waals surface area contributed by atoms with Crippen LogP contribution in [0.1, 0.15) is 5.69 Å². The molecule has 0 aliphatic rings. The second kappa shape index (κ2) is 5.28. The van der Waals surface area contributed by atoms with Gasteiger partial charge >= 0.3 is 0 Å². The quantitative estimate of drug-likeness (QED) is 0.789. The molecule has 0 radical (unpaired) electrons. The maximum absolute atomic E-state index is 5.75. The van der Waals surface area contributed by atoms with Gasteiger partial charge in [-0.05, 0) is 22.9 Å². The highest BCUT2D eigenvalue weighted by atomic mass is 32.1. The molecule has 0 spiro atoms. The molecule has 0 amide bonds. The van der Waals surface area contributed by atoms with E-state index in [1.54, 1.807) is 0 Å². The Morgan fingerprint density at radius 2 is 1.95 bits per heavy atom. The minimum atomic E-state index is 0.612. The first-order chi connectivity index (χ1) is 9.31. The fourth-order valence-corrected chi connectivity index (χ4v) is 2.57. The normalized spacial score (nSPS) is 10.7. The van der Waals surface area contributed by atoms with Crippen LogP contribution < -0.4 is 10.5 Å². The lowest BCUT2D eigenvalue weighted by Gasteiger charge is -2.06. The molecule has 0 atom stereocenters. The smallest absolute Gasteiger partial charge is 0.180 e. The van der Waals surface area contributed by atoms with Crippen molar-refractivity contribution in [2.75, 3.05) is 12.3 Å². The molecule has 3 rings (SSSR count). The van der Waals surface area contributed by atoms with Gasteiger partial charge in [0.25, 0.3) is 0 Å². The molecule has 3 aromatic rings. The van der Waals surface area contributed by atoms with E-state index >= 15 is 0 Å². The summed E-state index contributed by atoms with van der Waals surface area (Å²) in [7, 11) is 0. The number of ether oxygens (including phenoxy) is 1. The molecule has 0 bridgehead atoms. The SMILES string of the molecule is Nc1nc(CCOc2ccc3ccccc3c2)cs1. The Kier molecular flexibility index (Phi) is 3.33. The number of nitrogens with zero attached hydrogens (tertiary/aromatic N) is 1. The first kappa shape index (κ1) is 12.0. The third kappa shape index (κ3) is 2.85. The van der Waals surface area contributed by atoms with E-state index in [0.29, 0.717) is 11.7 Å². The minimum absolute atomic E-state index is 0.612. The zero-order valence-corrected chi connectivity index (χ0v) is 11.2. The van der Waals surface area contributed by atoms with Crippen molar-refractivity contribution in [1.82, 2.24) is 4.98 Å². The van der Waals surface area contributed by atoms with Crippen LogP contribution in [0.15, 0.2) is 47.8 Å². The minimum Gasteiger partial charge on any atom is -0.493 e. The number of hydrogen-bond donors (Lipinski definition) is 1. The number of nitrogens with two attached hydrogens (primary N) is 1. The summed E-state index contributed by atoms with van der Waals surface area (Å²) in [6, 6.07) is 14.4. The lowest BCUT2D eigenvalue weighted by Crippen LogP contribution is -2.01. The van der Waals surface area contributed by atoms with E-state index in [0.717, 1.165) is 17.9 Å². The molecule has 19 heavy (non-hydrogen) atoms. The van der Waals surface area contributed by atoms with Gasteiger partial charge < -0.3 is 10.5 Å². The van der Waals surface area contributed by atoms with E-state index in [1.807, 2.05) is 23.6 Å². The zero-order chi connectivity index (χ0) is 13.1. The van der Waals surface area contributed by atoms with Gasteiger partial charge in [0, 0.05) is 11.8 Å². The second-order valence-corrected chi connectivity index (χ2v) is 5.17. The van der Waals surface area contributed by atoms with Crippen molar-refractivity contribution in [3.05, 3.63) is 53.5 Å². The molecule has 1 heterocycles. The summed E-state index contributed by atoms with van der Waals surface area (Å²) in [5.74, 6) is 0.891. The molecule has 96 valence electrons. The third-order valence-corrected chi connectivity index (χ3v) is 3.64. The summed E-state index contributed by atoms with van der Waals surface area (Å²) in [6.45, 7) is 0.613. The fourth-order valence-electron chi connectivity index (χ4n) is 1.97. The predicted molar refractivity (Wildman–Crippen MR) is 79.7 cm³/mol. The van der Waals surface area contributed by atoms with E-state index in [-0.39, 0.29) is 0 Å². The van der Waals surface area contributed by atoms with Crippen LogP contribution in [0.5, 0.6) is 5.75 Å². The van der Waals surface area contributed by atoms with Crippen molar-refractivity contribution >= 4 is 27.2 Å². The number of fused-ring (bicyclic) bond motifs is 1. The maximum atomic E-state index is 5.75. The summed E-state index contributed by atoms with van der Waals surface area (Å²) >= 11 is 1.46. The van der Waals surface area contributed by atoms with Crippen LogP contribution in [-0.2, 0) is 6.42 Å². The van der Waals surface area contributed by atoms with E-state index in [9.17, 15) is 0 Å². The fraction of sp³-hybridized carbons (Fsp3) is 0.133. The number of aromatic nitrogens is 1. The molecule has 0 fully saturated rings. The Bertz CT molecular complexity index is 693. The molecule has 3 nitrogen and oxygen atoms in total. The van der Waals surface area contributed by atoms with Crippen molar-refractivity contribution < 1.29 is 4.74 Å². The number of nitrogen functional groups attached to an aromatic ring is 1. The van der Waals surface area contributed by atoms with Gasteiger partial charge in [0.2, 0.25) is 0 Å². The van der Waals surface area contributed by atoms with Crippen LogP contribution >= 0.6 is 11.3 Å². The summed E-state index contributed by atoms with van der Waals surface area (Å²) in [6.07, 6.45) is 0.778. The van der Waals surface area contributed by atoms with E-state index < -0.39 is 0 Å². The number of rotatable bonds is 4. The monoisotopic (exact) mass is 270 g/mol. The predicted octanol–water partition coefficient (Wildman–Crippen LogP) is 3.50. The Morgan fingerprint density at radius 1 is 1.11 bits per heavy atom. The molecular formula is C15H14N2OS. The highest BCUT2D eigenvalue weighted by Crippen LogP contribution is 2.20. The topological polar surface area (TPSA) is 48.1 Å². The van der Waals surface area contributed by atoms with Crippen LogP contribution in [0, 0.1) is 0 Å². The van der Waals surface area contributed by atoms with Crippen molar-refractivity contribution in [3.63, 3.8) is 0 Å². The van der Waals surface area contributed by atoms with E-state index in [1.165, 1.54) is 22.1 Å². The number of hydrogen-bond acceptors (Lipinski definition) is 4. The van der Waals surface area contributed by atoms with Crippen LogP contribution in [0.4, 0.5) is 5.13 Å². The first-order valence-electron chi connectivity index (χ1n) is 6.13. The summed E-state index contributed by atoms with van der Waals surface area (Å²) in [4.78, 5) is 4.21. The lowest BCUT2D eigenvalue weighted by atomic mass is 10.1. The number of thiazole rings is 1. The molecule has 0 aliphatic carbocycles.